The van der Waals surface area contributed by atoms with E-state index in [1.165, 1.54) is 11.1 Å². The number of likely N-dealkylation sites (N-methyl/N-ethyl adjacent to an activating group) is 2. The summed E-state index contributed by atoms with van der Waals surface area (Å²) in [5.74, 6) is -0.0250. The van der Waals surface area contributed by atoms with Crippen molar-refractivity contribution in [2.45, 2.75) is 19.0 Å². The van der Waals surface area contributed by atoms with Crippen LogP contribution in [0.5, 0.6) is 0 Å². The van der Waals surface area contributed by atoms with Crippen LogP contribution in [0.3, 0.4) is 0 Å². The number of aromatic nitrogens is 1. The highest BCUT2D eigenvalue weighted by molar-refractivity contribution is 5.94. The minimum absolute atomic E-state index is 0.0250. The second kappa shape index (κ2) is 6.89. The zero-order valence-electron chi connectivity index (χ0n) is 15.2. The van der Waals surface area contributed by atoms with E-state index in [0.29, 0.717) is 18.3 Å². The molecule has 2 aromatic carbocycles. The first-order valence-corrected chi connectivity index (χ1v) is 9.00. The number of para-hydroxylation sites is 1. The van der Waals surface area contributed by atoms with Crippen molar-refractivity contribution in [1.29, 1.82) is 0 Å². The van der Waals surface area contributed by atoms with E-state index < -0.39 is 0 Å². The first kappa shape index (κ1) is 16.7. The summed E-state index contributed by atoms with van der Waals surface area (Å²) >= 11 is 0. The van der Waals surface area contributed by atoms with Crippen molar-refractivity contribution in [2.75, 3.05) is 20.6 Å². The van der Waals surface area contributed by atoms with Gasteiger partial charge in [-0.05, 0) is 36.7 Å². The Hall–Kier alpha value is -2.72. The monoisotopic (exact) mass is 345 g/mol. The fourth-order valence-electron chi connectivity index (χ4n) is 3.70. The second-order valence-electron chi connectivity index (χ2n) is 7.12. The molecule has 0 unspecified atom stereocenters. The quantitative estimate of drug-likeness (QED) is 0.730. The Balaban J connectivity index is 1.50. The summed E-state index contributed by atoms with van der Waals surface area (Å²) in [7, 11) is 4.00. The van der Waals surface area contributed by atoms with E-state index in [4.69, 9.17) is 0 Å². The molecule has 4 heteroatoms. The zero-order valence-corrected chi connectivity index (χ0v) is 15.2. The number of amides is 1. The molecule has 4 nitrogen and oxygen atoms in total. The number of pyridine rings is 1. The lowest BCUT2D eigenvalue weighted by atomic mass is 9.94. The van der Waals surface area contributed by atoms with Crippen LogP contribution in [0.2, 0.25) is 0 Å². The number of rotatable bonds is 3. The van der Waals surface area contributed by atoms with Gasteiger partial charge in [0.15, 0.2) is 0 Å². The summed E-state index contributed by atoms with van der Waals surface area (Å²) in [4.78, 5) is 21.5. The number of carbonyl (C=O) groups excluding carboxylic acids is 1. The molecule has 0 spiro atoms. The largest absolute Gasteiger partial charge is 0.339 e. The van der Waals surface area contributed by atoms with Gasteiger partial charge in [0.25, 0.3) is 5.91 Å². The third-order valence-corrected chi connectivity index (χ3v) is 5.27. The minimum atomic E-state index is -0.0250. The van der Waals surface area contributed by atoms with Gasteiger partial charge >= 0.3 is 0 Å². The van der Waals surface area contributed by atoms with Gasteiger partial charge in [0.05, 0.1) is 5.52 Å². The van der Waals surface area contributed by atoms with Crippen molar-refractivity contribution >= 4 is 16.8 Å². The average molecular weight is 345 g/mol. The van der Waals surface area contributed by atoms with Gasteiger partial charge in [-0.1, -0.05) is 48.5 Å². The van der Waals surface area contributed by atoms with E-state index in [2.05, 4.69) is 41.2 Å². The summed E-state index contributed by atoms with van der Waals surface area (Å²) in [6.45, 7) is 1.62. The van der Waals surface area contributed by atoms with E-state index in [-0.39, 0.29) is 5.91 Å². The van der Waals surface area contributed by atoms with Gasteiger partial charge in [0.2, 0.25) is 0 Å². The molecule has 0 fully saturated rings. The predicted molar refractivity (Wildman–Crippen MR) is 104 cm³/mol. The summed E-state index contributed by atoms with van der Waals surface area (Å²) < 4.78 is 0. The van der Waals surface area contributed by atoms with Gasteiger partial charge in [-0.2, -0.15) is 0 Å². The molecule has 1 aromatic heterocycles. The fraction of sp³-hybridized carbons (Fsp3) is 0.273. The van der Waals surface area contributed by atoms with Crippen molar-refractivity contribution in [2.24, 2.45) is 0 Å². The number of hydrogen-bond donors (Lipinski definition) is 0. The van der Waals surface area contributed by atoms with Crippen LogP contribution < -0.4 is 0 Å². The Morgan fingerprint density at radius 2 is 1.81 bits per heavy atom. The highest BCUT2D eigenvalue weighted by atomic mass is 16.2. The van der Waals surface area contributed by atoms with Crippen molar-refractivity contribution in [3.63, 3.8) is 0 Å². The van der Waals surface area contributed by atoms with Crippen LogP contribution in [-0.4, -0.2) is 47.4 Å². The van der Waals surface area contributed by atoms with Crippen molar-refractivity contribution in [3.05, 3.63) is 77.5 Å². The number of benzene rings is 2. The van der Waals surface area contributed by atoms with Crippen molar-refractivity contribution in [3.8, 4) is 0 Å². The van der Waals surface area contributed by atoms with Crippen LogP contribution in [-0.2, 0) is 13.0 Å². The Kier molecular flexibility index (Phi) is 4.43. The fourth-order valence-corrected chi connectivity index (χ4v) is 3.70. The minimum Gasteiger partial charge on any atom is -0.339 e. The summed E-state index contributed by atoms with van der Waals surface area (Å²) in [5.41, 5.74) is 4.14. The second-order valence-corrected chi connectivity index (χ2v) is 7.12. The third kappa shape index (κ3) is 3.20. The Morgan fingerprint density at radius 3 is 2.65 bits per heavy atom. The van der Waals surface area contributed by atoms with Crippen LogP contribution >= 0.6 is 0 Å². The maximum atomic E-state index is 12.9. The summed E-state index contributed by atoms with van der Waals surface area (Å²) in [6, 6.07) is 20.6. The number of carbonyl (C=O) groups is 1. The Labute approximate surface area is 154 Å². The van der Waals surface area contributed by atoms with E-state index in [0.717, 1.165) is 23.9 Å². The number of hydrogen-bond acceptors (Lipinski definition) is 3. The molecular weight excluding hydrogens is 322 g/mol. The van der Waals surface area contributed by atoms with Gasteiger partial charge in [-0.3, -0.25) is 9.69 Å². The maximum Gasteiger partial charge on any atom is 0.272 e. The lowest BCUT2D eigenvalue weighted by molar-refractivity contribution is 0.0728. The number of nitrogens with zero attached hydrogens (tertiary/aromatic N) is 3. The van der Waals surface area contributed by atoms with Gasteiger partial charge in [-0.15, -0.1) is 0 Å². The zero-order chi connectivity index (χ0) is 18.1. The summed E-state index contributed by atoms with van der Waals surface area (Å²) in [5, 5.41) is 1.05. The van der Waals surface area contributed by atoms with Crippen LogP contribution in [0.1, 0.15) is 21.6 Å². The standard InChI is InChI=1S/C22H23N3O/c1-24-14-18-9-4-3-8-17(18)13-19(24)15-25(2)22(26)21-12-11-16-7-5-6-10-20(16)23-21/h3-12,19H,13-15H2,1-2H3/t19-/m0/s1. The van der Waals surface area contributed by atoms with E-state index >= 15 is 0 Å². The van der Waals surface area contributed by atoms with Gasteiger partial charge < -0.3 is 4.90 Å². The Morgan fingerprint density at radius 1 is 1.08 bits per heavy atom. The molecule has 4 rings (SSSR count). The smallest absolute Gasteiger partial charge is 0.272 e. The maximum absolute atomic E-state index is 12.9. The molecule has 1 amide bonds. The van der Waals surface area contributed by atoms with Crippen molar-refractivity contribution in [1.82, 2.24) is 14.8 Å². The molecule has 0 bridgehead atoms. The van der Waals surface area contributed by atoms with Crippen molar-refractivity contribution < 1.29 is 4.79 Å². The molecule has 0 N–H and O–H groups in total. The van der Waals surface area contributed by atoms with Crippen LogP contribution in [0, 0.1) is 0 Å². The molecular formula is C22H23N3O. The first-order valence-electron chi connectivity index (χ1n) is 9.00. The molecule has 0 saturated carbocycles. The van der Waals surface area contributed by atoms with Crippen LogP contribution in [0.25, 0.3) is 10.9 Å². The molecule has 26 heavy (non-hydrogen) atoms. The number of fused-ring (bicyclic) bond motifs is 2. The predicted octanol–water partition coefficient (Wildman–Crippen LogP) is 3.36. The first-order chi connectivity index (χ1) is 12.6. The molecule has 132 valence electrons. The van der Waals surface area contributed by atoms with E-state index in [9.17, 15) is 4.79 Å². The SMILES string of the molecule is CN(C[C@@H]1Cc2ccccc2CN1C)C(=O)c1ccc2ccccc2n1. The Bertz CT molecular complexity index is 953. The lowest BCUT2D eigenvalue weighted by Crippen LogP contribution is -2.46. The average Bonchev–Trinajstić information content (AvgIpc) is 2.67. The van der Waals surface area contributed by atoms with Gasteiger partial charge in [0.1, 0.15) is 5.69 Å². The van der Waals surface area contributed by atoms with Crippen LogP contribution in [0.4, 0.5) is 0 Å². The highest BCUT2D eigenvalue weighted by Gasteiger charge is 2.26. The lowest BCUT2D eigenvalue weighted by Gasteiger charge is -2.36. The third-order valence-electron chi connectivity index (χ3n) is 5.27. The molecule has 0 saturated heterocycles. The van der Waals surface area contributed by atoms with Gasteiger partial charge in [-0.25, -0.2) is 4.98 Å². The van der Waals surface area contributed by atoms with E-state index in [1.807, 2.05) is 43.4 Å². The molecule has 1 atom stereocenters. The molecule has 0 radical (unpaired) electrons. The normalized spacial score (nSPS) is 17.1. The summed E-state index contributed by atoms with van der Waals surface area (Å²) in [6.07, 6.45) is 0.968. The van der Waals surface area contributed by atoms with Gasteiger partial charge in [0, 0.05) is 31.6 Å². The highest BCUT2D eigenvalue weighted by Crippen LogP contribution is 2.22. The molecule has 1 aliphatic rings. The van der Waals surface area contributed by atoms with E-state index in [1.54, 1.807) is 4.90 Å². The molecule has 0 aliphatic carbocycles. The topological polar surface area (TPSA) is 36.4 Å². The van der Waals surface area contributed by atoms with Crippen LogP contribution in [0.15, 0.2) is 60.7 Å². The molecule has 1 aliphatic heterocycles. The molecule has 3 aromatic rings. The molecule has 2 heterocycles.